The second-order valence-corrected chi connectivity index (χ2v) is 11.0. The van der Waals surface area contributed by atoms with Crippen LogP contribution in [0.4, 0.5) is 10.1 Å². The Bertz CT molecular complexity index is 1320. The lowest BCUT2D eigenvalue weighted by Gasteiger charge is -2.54. The highest BCUT2D eigenvalue weighted by atomic mass is 31.2. The smallest absolute Gasteiger partial charge is 0.404 e. The SMILES string of the molecule is CC(=O)N1[C@H]2CN(Cc3ccc(F)cc3N(C)C)C(=O)[C@H](Cc3ccc(OP(=O)(O)O)cc3)N2C(=O)CN1C. The second kappa shape index (κ2) is 10.9. The van der Waals surface area contributed by atoms with E-state index in [0.717, 1.165) is 0 Å². The van der Waals surface area contributed by atoms with Crippen LogP contribution in [0.5, 0.6) is 5.75 Å². The van der Waals surface area contributed by atoms with E-state index in [1.165, 1.54) is 46.1 Å². The third-order valence-corrected chi connectivity index (χ3v) is 7.18. The van der Waals surface area contributed by atoms with E-state index in [2.05, 4.69) is 4.52 Å². The summed E-state index contributed by atoms with van der Waals surface area (Å²) in [6.07, 6.45) is -0.662. The van der Waals surface area contributed by atoms with Gasteiger partial charge in [-0.3, -0.25) is 29.2 Å². The highest BCUT2D eigenvalue weighted by molar-refractivity contribution is 7.46. The molecule has 210 valence electrons. The van der Waals surface area contributed by atoms with E-state index in [0.29, 0.717) is 16.8 Å². The number of fused-ring (bicyclic) bond motifs is 1. The van der Waals surface area contributed by atoms with Gasteiger partial charge in [0.05, 0.1) is 13.1 Å². The lowest BCUT2D eigenvalue weighted by atomic mass is 9.98. The molecular formula is C25H31FN5O7P. The lowest BCUT2D eigenvalue weighted by molar-refractivity contribution is -0.201. The second-order valence-electron chi connectivity index (χ2n) is 9.79. The molecular weight excluding hydrogens is 532 g/mol. The predicted molar refractivity (Wildman–Crippen MR) is 139 cm³/mol. The molecule has 39 heavy (non-hydrogen) atoms. The molecule has 0 spiro atoms. The first-order valence-electron chi connectivity index (χ1n) is 12.2. The van der Waals surface area contributed by atoms with Crippen molar-refractivity contribution in [2.75, 3.05) is 39.1 Å². The largest absolute Gasteiger partial charge is 0.524 e. The van der Waals surface area contributed by atoms with Crippen LogP contribution in [-0.2, 0) is 31.9 Å². The fourth-order valence-corrected chi connectivity index (χ4v) is 5.54. The minimum Gasteiger partial charge on any atom is -0.404 e. The van der Waals surface area contributed by atoms with E-state index in [-0.39, 0.29) is 49.5 Å². The van der Waals surface area contributed by atoms with E-state index >= 15 is 0 Å². The number of rotatable bonds is 7. The van der Waals surface area contributed by atoms with E-state index in [9.17, 15) is 23.3 Å². The zero-order valence-corrected chi connectivity index (χ0v) is 22.9. The number of carbonyl (C=O) groups excluding carboxylic acids is 3. The Kier molecular flexibility index (Phi) is 7.99. The summed E-state index contributed by atoms with van der Waals surface area (Å²) in [5.74, 6) is -1.40. The molecule has 2 fully saturated rings. The highest BCUT2D eigenvalue weighted by Gasteiger charge is 2.50. The maximum atomic E-state index is 14.0. The van der Waals surface area contributed by atoms with Gasteiger partial charge in [-0.2, -0.15) is 0 Å². The first-order valence-corrected chi connectivity index (χ1v) is 13.7. The molecule has 12 nitrogen and oxygen atoms in total. The molecule has 2 aromatic rings. The first kappa shape index (κ1) is 28.5. The quantitative estimate of drug-likeness (QED) is 0.477. The number of likely N-dealkylation sites (N-methyl/N-ethyl adjacent to an activating group) is 1. The number of carbonyl (C=O) groups is 3. The van der Waals surface area contributed by atoms with Crippen LogP contribution in [0.15, 0.2) is 42.5 Å². The molecule has 0 bridgehead atoms. The number of anilines is 1. The molecule has 0 radical (unpaired) electrons. The Labute approximate surface area is 225 Å². The maximum absolute atomic E-state index is 14.0. The summed E-state index contributed by atoms with van der Waals surface area (Å²) in [5, 5.41) is 3.00. The Morgan fingerprint density at radius 2 is 1.82 bits per heavy atom. The fourth-order valence-electron chi connectivity index (χ4n) is 5.15. The average molecular weight is 564 g/mol. The van der Waals surface area contributed by atoms with Crippen LogP contribution >= 0.6 is 7.82 Å². The summed E-state index contributed by atoms with van der Waals surface area (Å²) >= 11 is 0. The van der Waals surface area contributed by atoms with Crippen molar-refractivity contribution >= 4 is 31.2 Å². The van der Waals surface area contributed by atoms with E-state index in [1.807, 2.05) is 0 Å². The number of nitrogens with zero attached hydrogens (tertiary/aromatic N) is 5. The van der Waals surface area contributed by atoms with Crippen LogP contribution in [0.3, 0.4) is 0 Å². The Hall–Kier alpha value is -3.51. The molecule has 2 aliphatic rings. The molecule has 0 aromatic heterocycles. The fraction of sp³-hybridized carbons (Fsp3) is 0.400. The van der Waals surface area contributed by atoms with E-state index in [4.69, 9.17) is 9.79 Å². The van der Waals surface area contributed by atoms with Gasteiger partial charge in [-0.05, 0) is 35.4 Å². The van der Waals surface area contributed by atoms with Crippen molar-refractivity contribution in [1.82, 2.24) is 19.8 Å². The van der Waals surface area contributed by atoms with Gasteiger partial charge in [0.2, 0.25) is 17.7 Å². The van der Waals surface area contributed by atoms with Crippen LogP contribution in [0.25, 0.3) is 0 Å². The van der Waals surface area contributed by atoms with Gasteiger partial charge in [0.1, 0.15) is 23.8 Å². The van der Waals surface area contributed by atoms with E-state index < -0.39 is 25.8 Å². The van der Waals surface area contributed by atoms with Gasteiger partial charge in [-0.1, -0.05) is 18.2 Å². The van der Waals surface area contributed by atoms with Crippen molar-refractivity contribution < 1.29 is 37.6 Å². The van der Waals surface area contributed by atoms with Gasteiger partial charge < -0.3 is 19.2 Å². The summed E-state index contributed by atoms with van der Waals surface area (Å²) < 4.78 is 29.7. The zero-order valence-electron chi connectivity index (χ0n) is 22.0. The number of phosphoric ester groups is 1. The predicted octanol–water partition coefficient (Wildman–Crippen LogP) is 1.18. The van der Waals surface area contributed by atoms with Crippen molar-refractivity contribution in [1.29, 1.82) is 0 Å². The molecule has 0 unspecified atom stereocenters. The van der Waals surface area contributed by atoms with Crippen LogP contribution in [0.1, 0.15) is 18.1 Å². The van der Waals surface area contributed by atoms with Gasteiger partial charge >= 0.3 is 7.82 Å². The molecule has 2 saturated heterocycles. The molecule has 14 heteroatoms. The minimum absolute atomic E-state index is 0.0486. The van der Waals surface area contributed by atoms with Crippen LogP contribution in [0, 0.1) is 5.82 Å². The maximum Gasteiger partial charge on any atom is 0.524 e. The molecule has 2 atom stereocenters. The third-order valence-electron chi connectivity index (χ3n) is 6.73. The monoisotopic (exact) mass is 563 g/mol. The summed E-state index contributed by atoms with van der Waals surface area (Å²) in [6, 6.07) is 9.21. The summed E-state index contributed by atoms with van der Waals surface area (Å²) in [5.41, 5.74) is 1.91. The van der Waals surface area contributed by atoms with Gasteiger partial charge in [-0.25, -0.2) is 14.0 Å². The number of halogens is 1. The number of amides is 3. The average Bonchev–Trinajstić information content (AvgIpc) is 2.82. The number of benzene rings is 2. The Morgan fingerprint density at radius 3 is 2.41 bits per heavy atom. The Balaban J connectivity index is 1.70. The van der Waals surface area contributed by atoms with Crippen LogP contribution in [-0.4, -0.2) is 93.8 Å². The highest BCUT2D eigenvalue weighted by Crippen LogP contribution is 2.37. The van der Waals surface area contributed by atoms with Crippen molar-refractivity contribution in [3.05, 3.63) is 59.4 Å². The van der Waals surface area contributed by atoms with Crippen molar-refractivity contribution in [3.63, 3.8) is 0 Å². The Morgan fingerprint density at radius 1 is 1.15 bits per heavy atom. The molecule has 0 saturated carbocycles. The first-order chi connectivity index (χ1) is 18.2. The molecule has 2 heterocycles. The normalized spacial score (nSPS) is 20.2. The van der Waals surface area contributed by atoms with Crippen LogP contribution < -0.4 is 9.42 Å². The summed E-state index contributed by atoms with van der Waals surface area (Å²) in [6.45, 7) is 1.50. The van der Waals surface area contributed by atoms with E-state index in [1.54, 1.807) is 49.1 Å². The number of hydrazine groups is 1. The van der Waals surface area contributed by atoms with Crippen molar-refractivity contribution in [2.24, 2.45) is 0 Å². The minimum atomic E-state index is -4.74. The molecule has 2 N–H and O–H groups in total. The van der Waals surface area contributed by atoms with Crippen molar-refractivity contribution in [2.45, 2.75) is 32.1 Å². The van der Waals surface area contributed by atoms with Gasteiger partial charge in [0.15, 0.2) is 0 Å². The van der Waals surface area contributed by atoms with Crippen molar-refractivity contribution in [3.8, 4) is 5.75 Å². The summed E-state index contributed by atoms with van der Waals surface area (Å²) in [7, 11) is 0.440. The number of hydrogen-bond acceptors (Lipinski definition) is 7. The van der Waals surface area contributed by atoms with Gasteiger partial charge in [0.25, 0.3) is 0 Å². The third kappa shape index (κ3) is 6.22. The molecule has 0 aliphatic carbocycles. The number of piperazine rings is 1. The molecule has 3 amide bonds. The standard InChI is InChI=1S/C25H31FN5O7P/c1-16(32)31-23-14-29(13-18-7-8-19(26)12-21(18)27(2)3)25(34)22(30(23)24(33)15-28(31)4)11-17-5-9-20(10-6-17)38-39(35,36)37/h5-10,12,22-23H,11,13-15H2,1-4H3,(H2,35,36,37)/t22-,23-/m0/s1. The van der Waals surface area contributed by atoms with Gasteiger partial charge in [0, 0.05) is 46.7 Å². The van der Waals surface area contributed by atoms with Gasteiger partial charge in [-0.15, -0.1) is 0 Å². The molecule has 2 aromatic carbocycles. The molecule has 4 rings (SSSR count). The van der Waals surface area contributed by atoms with Crippen LogP contribution in [0.2, 0.25) is 0 Å². The topological polar surface area (TPSA) is 134 Å². The lowest BCUT2D eigenvalue weighted by Crippen LogP contribution is -2.75. The molecule has 2 aliphatic heterocycles. The summed E-state index contributed by atoms with van der Waals surface area (Å²) in [4.78, 5) is 62.6. The zero-order chi connectivity index (χ0) is 28.6. The number of phosphoric acid groups is 1. The number of hydrogen-bond donors (Lipinski definition) is 2.